The van der Waals surface area contributed by atoms with E-state index in [1.165, 1.54) is 31.6 Å². The average Bonchev–Trinajstić information content (AvgIpc) is 2.33. The van der Waals surface area contributed by atoms with E-state index in [2.05, 4.69) is 64.3 Å². The molecule has 1 aliphatic rings. The number of rotatable bonds is 3. The molecule has 2 nitrogen and oxygen atoms in total. The molecule has 1 saturated heterocycles. The number of likely N-dealkylation sites (tertiary alicyclic amines) is 1. The van der Waals surface area contributed by atoms with Crippen LogP contribution in [-0.2, 0) is 0 Å². The zero-order valence-electron chi connectivity index (χ0n) is 10.6. The summed E-state index contributed by atoms with van der Waals surface area (Å²) in [6, 6.07) is 9.65. The van der Waals surface area contributed by atoms with Gasteiger partial charge in [0.15, 0.2) is 0 Å². The lowest BCUT2D eigenvalue weighted by Crippen LogP contribution is -2.42. The van der Waals surface area contributed by atoms with Crippen LogP contribution in [0, 0.1) is 0 Å². The van der Waals surface area contributed by atoms with Gasteiger partial charge in [-0.1, -0.05) is 12.1 Å². The molecular weight excluding hydrogens is 276 g/mol. The van der Waals surface area contributed by atoms with Gasteiger partial charge in [0.1, 0.15) is 0 Å². The van der Waals surface area contributed by atoms with Crippen molar-refractivity contribution in [1.82, 2.24) is 4.90 Å². The van der Waals surface area contributed by atoms with Gasteiger partial charge in [-0.3, -0.25) is 0 Å². The molecule has 1 fully saturated rings. The molecule has 1 N–H and O–H groups in total. The number of para-hydroxylation sites is 1. The number of anilines is 1. The molecular formula is C14H21BrN2. The first kappa shape index (κ1) is 12.9. The quantitative estimate of drug-likeness (QED) is 0.914. The van der Waals surface area contributed by atoms with E-state index in [1.54, 1.807) is 0 Å². The van der Waals surface area contributed by atoms with E-state index in [0.29, 0.717) is 12.1 Å². The molecule has 0 amide bonds. The van der Waals surface area contributed by atoms with Crippen LogP contribution >= 0.6 is 15.9 Å². The number of hydrogen-bond donors (Lipinski definition) is 1. The van der Waals surface area contributed by atoms with Crippen molar-refractivity contribution in [1.29, 1.82) is 0 Å². The minimum absolute atomic E-state index is 0.615. The average molecular weight is 297 g/mol. The maximum absolute atomic E-state index is 3.64. The Hall–Kier alpha value is -0.540. The molecule has 1 aromatic rings. The van der Waals surface area contributed by atoms with Crippen LogP contribution in [0.4, 0.5) is 5.69 Å². The maximum atomic E-state index is 3.64. The minimum Gasteiger partial charge on any atom is -0.381 e. The van der Waals surface area contributed by atoms with E-state index in [1.807, 2.05) is 0 Å². The fourth-order valence-corrected chi connectivity index (χ4v) is 2.76. The first-order chi connectivity index (χ1) is 8.16. The van der Waals surface area contributed by atoms with Crippen molar-refractivity contribution in [2.24, 2.45) is 0 Å². The summed E-state index contributed by atoms with van der Waals surface area (Å²) >= 11 is 3.59. The summed E-state index contributed by atoms with van der Waals surface area (Å²) in [6.45, 7) is 6.97. The van der Waals surface area contributed by atoms with Gasteiger partial charge in [-0.05, 0) is 54.8 Å². The van der Waals surface area contributed by atoms with Gasteiger partial charge >= 0.3 is 0 Å². The molecule has 0 unspecified atom stereocenters. The van der Waals surface area contributed by atoms with Crippen molar-refractivity contribution in [3.63, 3.8) is 0 Å². The summed E-state index contributed by atoms with van der Waals surface area (Å²) in [5.74, 6) is 0. The van der Waals surface area contributed by atoms with Crippen LogP contribution in [0.5, 0.6) is 0 Å². The molecule has 0 aromatic heterocycles. The number of piperidine rings is 1. The Labute approximate surface area is 113 Å². The van der Waals surface area contributed by atoms with Gasteiger partial charge < -0.3 is 10.2 Å². The van der Waals surface area contributed by atoms with Gasteiger partial charge in [0.25, 0.3) is 0 Å². The second-order valence-corrected chi connectivity index (χ2v) is 5.88. The van der Waals surface area contributed by atoms with Crippen molar-refractivity contribution < 1.29 is 0 Å². The van der Waals surface area contributed by atoms with Gasteiger partial charge in [-0.15, -0.1) is 0 Å². The van der Waals surface area contributed by atoms with Crippen molar-refractivity contribution >= 4 is 21.6 Å². The molecule has 0 spiro atoms. The second kappa shape index (κ2) is 5.87. The van der Waals surface area contributed by atoms with E-state index in [4.69, 9.17) is 0 Å². The molecule has 3 heteroatoms. The van der Waals surface area contributed by atoms with Gasteiger partial charge in [0.05, 0.1) is 0 Å². The molecule has 0 saturated carbocycles. The summed E-state index contributed by atoms with van der Waals surface area (Å²) in [6.07, 6.45) is 2.47. The first-order valence-electron chi connectivity index (χ1n) is 6.42. The largest absolute Gasteiger partial charge is 0.381 e. The van der Waals surface area contributed by atoms with E-state index in [9.17, 15) is 0 Å². The fraction of sp³-hybridized carbons (Fsp3) is 0.571. The Morgan fingerprint density at radius 3 is 2.47 bits per heavy atom. The number of nitrogens with one attached hydrogen (secondary N) is 1. The molecule has 0 aliphatic carbocycles. The van der Waals surface area contributed by atoms with Gasteiger partial charge in [-0.2, -0.15) is 0 Å². The zero-order valence-corrected chi connectivity index (χ0v) is 12.2. The lowest BCUT2D eigenvalue weighted by molar-refractivity contribution is 0.177. The van der Waals surface area contributed by atoms with Crippen LogP contribution in [0.2, 0.25) is 0 Å². The molecule has 1 aromatic carbocycles. The summed E-state index contributed by atoms with van der Waals surface area (Å²) in [7, 11) is 0. The number of hydrogen-bond acceptors (Lipinski definition) is 2. The third-order valence-corrected chi connectivity index (χ3v) is 4.18. The summed E-state index contributed by atoms with van der Waals surface area (Å²) in [5, 5.41) is 3.64. The Balaban J connectivity index is 1.88. The van der Waals surface area contributed by atoms with Crippen LogP contribution in [0.1, 0.15) is 26.7 Å². The SMILES string of the molecule is CC(C)N1CCC(Nc2ccccc2Br)CC1. The highest BCUT2D eigenvalue weighted by atomic mass is 79.9. The van der Waals surface area contributed by atoms with Crippen LogP contribution in [0.15, 0.2) is 28.7 Å². The predicted octanol–water partition coefficient (Wildman–Crippen LogP) is 3.73. The Kier molecular flexibility index (Phi) is 4.46. The highest BCUT2D eigenvalue weighted by Crippen LogP contribution is 2.24. The van der Waals surface area contributed by atoms with Gasteiger partial charge in [-0.25, -0.2) is 0 Å². The number of benzene rings is 1. The van der Waals surface area contributed by atoms with Crippen molar-refractivity contribution in [3.05, 3.63) is 28.7 Å². The van der Waals surface area contributed by atoms with E-state index in [0.717, 1.165) is 4.47 Å². The highest BCUT2D eigenvalue weighted by molar-refractivity contribution is 9.10. The van der Waals surface area contributed by atoms with Crippen LogP contribution in [0.3, 0.4) is 0 Å². The van der Waals surface area contributed by atoms with Gasteiger partial charge in [0.2, 0.25) is 0 Å². The summed E-state index contributed by atoms with van der Waals surface area (Å²) < 4.78 is 1.16. The predicted molar refractivity (Wildman–Crippen MR) is 77.5 cm³/mol. The third kappa shape index (κ3) is 3.46. The molecule has 0 bridgehead atoms. The van der Waals surface area contributed by atoms with Gasteiger partial charge in [0, 0.05) is 35.3 Å². The lowest BCUT2D eigenvalue weighted by atomic mass is 10.0. The molecule has 1 heterocycles. The molecule has 94 valence electrons. The highest BCUT2D eigenvalue weighted by Gasteiger charge is 2.20. The maximum Gasteiger partial charge on any atom is 0.0486 e. The lowest BCUT2D eigenvalue weighted by Gasteiger charge is -2.35. The Morgan fingerprint density at radius 1 is 1.24 bits per heavy atom. The molecule has 1 aliphatic heterocycles. The standard InChI is InChI=1S/C14H21BrN2/c1-11(2)17-9-7-12(8-10-17)16-14-6-4-3-5-13(14)15/h3-6,11-12,16H,7-10H2,1-2H3. The number of nitrogens with zero attached hydrogens (tertiary/aromatic N) is 1. The van der Waals surface area contributed by atoms with Crippen molar-refractivity contribution in [3.8, 4) is 0 Å². The monoisotopic (exact) mass is 296 g/mol. The van der Waals surface area contributed by atoms with E-state index >= 15 is 0 Å². The van der Waals surface area contributed by atoms with E-state index in [-0.39, 0.29) is 0 Å². The van der Waals surface area contributed by atoms with Crippen molar-refractivity contribution in [2.75, 3.05) is 18.4 Å². The van der Waals surface area contributed by atoms with Crippen LogP contribution in [-0.4, -0.2) is 30.1 Å². The van der Waals surface area contributed by atoms with Crippen molar-refractivity contribution in [2.45, 2.75) is 38.8 Å². The van der Waals surface area contributed by atoms with Crippen LogP contribution < -0.4 is 5.32 Å². The summed E-state index contributed by atoms with van der Waals surface area (Å²) in [5.41, 5.74) is 1.22. The number of halogens is 1. The normalized spacial score (nSPS) is 18.6. The minimum atomic E-state index is 0.615. The second-order valence-electron chi connectivity index (χ2n) is 5.03. The van der Waals surface area contributed by atoms with Crippen LogP contribution in [0.25, 0.3) is 0 Å². The topological polar surface area (TPSA) is 15.3 Å². The third-order valence-electron chi connectivity index (χ3n) is 3.49. The molecule has 0 radical (unpaired) electrons. The smallest absolute Gasteiger partial charge is 0.0486 e. The summed E-state index contributed by atoms with van der Waals surface area (Å²) in [4.78, 5) is 2.55. The fourth-order valence-electron chi connectivity index (χ4n) is 2.36. The Bertz CT molecular complexity index is 357. The molecule has 17 heavy (non-hydrogen) atoms. The molecule has 0 atom stereocenters. The molecule has 2 rings (SSSR count). The Morgan fingerprint density at radius 2 is 1.88 bits per heavy atom. The first-order valence-corrected chi connectivity index (χ1v) is 7.21. The zero-order chi connectivity index (χ0) is 12.3. The van der Waals surface area contributed by atoms with E-state index < -0.39 is 0 Å².